The van der Waals surface area contributed by atoms with Crippen molar-refractivity contribution in [3.05, 3.63) is 81.8 Å². The molecule has 0 bridgehead atoms. The van der Waals surface area contributed by atoms with E-state index in [0.717, 1.165) is 27.2 Å². The van der Waals surface area contributed by atoms with Gasteiger partial charge in [-0.2, -0.15) is 0 Å². The molecule has 1 aromatic carbocycles. The highest BCUT2D eigenvalue weighted by molar-refractivity contribution is 9.10. The standard InChI is InChI=1S/C20H19BrN4S/c1-12-11-14(7-8-15(12)21)25-19(17-9-6-13(2)23-17)18(24-20(25)26)16-5-3-4-10-22-16/h3-11,18-19,23H,1-2H3,(H,24,26)/t18-,19+/m1/s1. The molecule has 132 valence electrons. The Balaban J connectivity index is 1.83. The summed E-state index contributed by atoms with van der Waals surface area (Å²) >= 11 is 9.30. The molecular weight excluding hydrogens is 408 g/mol. The van der Waals surface area contributed by atoms with Crippen molar-refractivity contribution in [1.82, 2.24) is 15.3 Å². The summed E-state index contributed by atoms with van der Waals surface area (Å²) in [5.74, 6) is 0. The Labute approximate surface area is 166 Å². The van der Waals surface area contributed by atoms with Gasteiger partial charge in [0, 0.05) is 27.7 Å². The number of rotatable bonds is 3. The minimum Gasteiger partial charge on any atom is -0.361 e. The maximum Gasteiger partial charge on any atom is 0.174 e. The number of halogens is 1. The minimum absolute atomic E-state index is 0.00618. The van der Waals surface area contributed by atoms with Gasteiger partial charge in [-0.3, -0.25) is 4.98 Å². The molecular formula is C20H19BrN4S. The SMILES string of the molecule is Cc1ccc([C@H]2[C@@H](c3ccccn3)NC(=S)N2c2ccc(Br)c(C)c2)[nH]1. The Bertz CT molecular complexity index is 953. The van der Waals surface area contributed by atoms with Gasteiger partial charge < -0.3 is 15.2 Å². The van der Waals surface area contributed by atoms with Gasteiger partial charge in [-0.15, -0.1) is 0 Å². The van der Waals surface area contributed by atoms with Gasteiger partial charge in [0.15, 0.2) is 5.11 Å². The number of thiocarbonyl (C=S) groups is 1. The quantitative estimate of drug-likeness (QED) is 0.580. The number of aryl methyl sites for hydroxylation is 2. The fourth-order valence-electron chi connectivity index (χ4n) is 3.43. The molecule has 0 amide bonds. The lowest BCUT2D eigenvalue weighted by Gasteiger charge is -2.27. The lowest BCUT2D eigenvalue weighted by molar-refractivity contribution is 0.558. The fraction of sp³-hybridized carbons (Fsp3) is 0.200. The topological polar surface area (TPSA) is 44.0 Å². The van der Waals surface area contributed by atoms with Crippen LogP contribution in [0.1, 0.15) is 34.7 Å². The lowest BCUT2D eigenvalue weighted by Crippen LogP contribution is -2.29. The first-order valence-electron chi connectivity index (χ1n) is 8.47. The maximum atomic E-state index is 5.72. The normalized spacial score (nSPS) is 19.7. The van der Waals surface area contributed by atoms with Crippen molar-refractivity contribution in [3.8, 4) is 0 Å². The van der Waals surface area contributed by atoms with Crippen molar-refractivity contribution in [3.63, 3.8) is 0 Å². The van der Waals surface area contributed by atoms with E-state index in [2.05, 4.69) is 80.3 Å². The van der Waals surface area contributed by atoms with Crippen molar-refractivity contribution < 1.29 is 0 Å². The first kappa shape index (κ1) is 17.2. The number of hydrogen-bond donors (Lipinski definition) is 2. The molecule has 3 aromatic rings. The van der Waals surface area contributed by atoms with Crippen LogP contribution in [0, 0.1) is 13.8 Å². The zero-order chi connectivity index (χ0) is 18.3. The fourth-order valence-corrected chi connectivity index (χ4v) is 4.02. The maximum absolute atomic E-state index is 5.72. The zero-order valence-corrected chi connectivity index (χ0v) is 16.9. The van der Waals surface area contributed by atoms with Crippen LogP contribution in [0.4, 0.5) is 5.69 Å². The monoisotopic (exact) mass is 426 g/mol. The molecule has 4 rings (SSSR count). The van der Waals surface area contributed by atoms with Crippen LogP contribution in [0.3, 0.4) is 0 Å². The average Bonchev–Trinajstić information content (AvgIpc) is 3.21. The molecule has 1 aliphatic rings. The van der Waals surface area contributed by atoms with Crippen molar-refractivity contribution in [2.24, 2.45) is 0 Å². The van der Waals surface area contributed by atoms with Gasteiger partial charge in [0.1, 0.15) is 6.04 Å². The summed E-state index contributed by atoms with van der Waals surface area (Å²) in [6, 6.07) is 16.5. The number of aromatic nitrogens is 2. The van der Waals surface area contributed by atoms with Gasteiger partial charge in [-0.05, 0) is 74.1 Å². The second kappa shape index (κ2) is 6.85. The molecule has 6 heteroatoms. The number of nitrogens with one attached hydrogen (secondary N) is 2. The first-order valence-corrected chi connectivity index (χ1v) is 9.67. The van der Waals surface area contributed by atoms with Crippen LogP contribution < -0.4 is 10.2 Å². The highest BCUT2D eigenvalue weighted by atomic mass is 79.9. The molecule has 0 spiro atoms. The third-order valence-electron chi connectivity index (χ3n) is 4.69. The zero-order valence-electron chi connectivity index (χ0n) is 14.5. The Morgan fingerprint density at radius 1 is 1.12 bits per heavy atom. The van der Waals surface area contributed by atoms with Crippen LogP contribution in [0.5, 0.6) is 0 Å². The molecule has 1 saturated heterocycles. The van der Waals surface area contributed by atoms with E-state index in [1.54, 1.807) is 0 Å². The van der Waals surface area contributed by atoms with E-state index in [0.29, 0.717) is 5.11 Å². The number of benzene rings is 1. The van der Waals surface area contributed by atoms with Crippen LogP contribution in [0.15, 0.2) is 59.2 Å². The van der Waals surface area contributed by atoms with E-state index in [1.165, 1.54) is 5.56 Å². The van der Waals surface area contributed by atoms with Gasteiger partial charge in [0.05, 0.1) is 11.7 Å². The van der Waals surface area contributed by atoms with Crippen LogP contribution in [0.25, 0.3) is 0 Å². The Morgan fingerprint density at radius 3 is 2.62 bits per heavy atom. The van der Waals surface area contributed by atoms with Crippen molar-refractivity contribution in [2.45, 2.75) is 25.9 Å². The second-order valence-corrected chi connectivity index (χ2v) is 7.77. The number of H-pyrrole nitrogens is 1. The predicted octanol–water partition coefficient (Wildman–Crippen LogP) is 4.97. The molecule has 2 aromatic heterocycles. The summed E-state index contributed by atoms with van der Waals surface area (Å²) in [5.41, 5.74) is 5.46. The van der Waals surface area contributed by atoms with Gasteiger partial charge in [0.25, 0.3) is 0 Å². The Morgan fingerprint density at radius 2 is 1.96 bits per heavy atom. The Kier molecular flexibility index (Phi) is 4.54. The summed E-state index contributed by atoms with van der Waals surface area (Å²) in [4.78, 5) is 10.2. The third kappa shape index (κ3) is 3.04. The van der Waals surface area contributed by atoms with Crippen LogP contribution in [-0.2, 0) is 0 Å². The highest BCUT2D eigenvalue weighted by Gasteiger charge is 2.41. The molecule has 0 unspecified atom stereocenters. The Hall–Kier alpha value is -2.18. The predicted molar refractivity (Wildman–Crippen MR) is 112 cm³/mol. The summed E-state index contributed by atoms with van der Waals surface area (Å²) in [6.07, 6.45) is 1.82. The number of anilines is 1. The van der Waals surface area contributed by atoms with E-state index < -0.39 is 0 Å². The highest BCUT2D eigenvalue weighted by Crippen LogP contribution is 2.41. The smallest absolute Gasteiger partial charge is 0.174 e. The van der Waals surface area contributed by atoms with Gasteiger partial charge >= 0.3 is 0 Å². The van der Waals surface area contributed by atoms with Crippen LogP contribution in [-0.4, -0.2) is 15.1 Å². The van der Waals surface area contributed by atoms with E-state index >= 15 is 0 Å². The van der Waals surface area contributed by atoms with E-state index in [1.807, 2.05) is 24.4 Å². The summed E-state index contributed by atoms with van der Waals surface area (Å²) in [5, 5.41) is 4.18. The number of pyridine rings is 1. The number of nitrogens with zero attached hydrogens (tertiary/aromatic N) is 2. The van der Waals surface area contributed by atoms with Gasteiger partial charge in [-0.1, -0.05) is 22.0 Å². The summed E-state index contributed by atoms with van der Waals surface area (Å²) in [6.45, 7) is 4.15. The average molecular weight is 427 g/mol. The van der Waals surface area contributed by atoms with Crippen molar-refractivity contribution in [2.75, 3.05) is 4.90 Å². The third-order valence-corrected chi connectivity index (χ3v) is 5.90. The molecule has 4 nitrogen and oxygen atoms in total. The van der Waals surface area contributed by atoms with Crippen molar-refractivity contribution >= 4 is 38.9 Å². The molecule has 0 radical (unpaired) electrons. The minimum atomic E-state index is -0.0225. The molecule has 1 fully saturated rings. The number of aromatic amines is 1. The van der Waals surface area contributed by atoms with E-state index in [-0.39, 0.29) is 12.1 Å². The van der Waals surface area contributed by atoms with Crippen LogP contribution >= 0.6 is 28.1 Å². The van der Waals surface area contributed by atoms with Gasteiger partial charge in [0.2, 0.25) is 0 Å². The largest absolute Gasteiger partial charge is 0.361 e. The van der Waals surface area contributed by atoms with E-state index in [9.17, 15) is 0 Å². The lowest BCUT2D eigenvalue weighted by atomic mass is 10.0. The number of hydrogen-bond acceptors (Lipinski definition) is 2. The molecule has 2 atom stereocenters. The van der Waals surface area contributed by atoms with Crippen LogP contribution in [0.2, 0.25) is 0 Å². The van der Waals surface area contributed by atoms with E-state index in [4.69, 9.17) is 12.2 Å². The second-order valence-electron chi connectivity index (χ2n) is 6.53. The molecule has 2 N–H and O–H groups in total. The van der Waals surface area contributed by atoms with Crippen molar-refractivity contribution in [1.29, 1.82) is 0 Å². The molecule has 26 heavy (non-hydrogen) atoms. The molecule has 1 aliphatic heterocycles. The summed E-state index contributed by atoms with van der Waals surface area (Å²) in [7, 11) is 0. The summed E-state index contributed by atoms with van der Waals surface area (Å²) < 4.78 is 1.09. The molecule has 0 aliphatic carbocycles. The first-order chi connectivity index (χ1) is 12.5. The van der Waals surface area contributed by atoms with Gasteiger partial charge in [-0.25, -0.2) is 0 Å². The molecule has 0 saturated carbocycles. The molecule has 3 heterocycles.